The Kier molecular flexibility index (Phi) is 4.24. The van der Waals surface area contributed by atoms with Crippen molar-refractivity contribution in [3.05, 3.63) is 0 Å². The molecule has 0 aliphatic carbocycles. The molecular formula is C6H14O2SSn. The zero-order valence-corrected chi connectivity index (χ0v) is 10.8. The molecule has 0 aliphatic rings. The fraction of sp³-hybridized carbons (Fsp3) is 1.00. The third kappa shape index (κ3) is 3.23. The van der Waals surface area contributed by atoms with Crippen molar-refractivity contribution in [3.8, 4) is 0 Å². The third-order valence-electron chi connectivity index (χ3n) is 1.57. The van der Waals surface area contributed by atoms with Crippen molar-refractivity contribution in [2.24, 2.45) is 5.92 Å². The van der Waals surface area contributed by atoms with Crippen LogP contribution in [0.1, 0.15) is 27.2 Å². The second-order valence-electron chi connectivity index (χ2n) is 2.78. The van der Waals surface area contributed by atoms with Gasteiger partial charge in [-0.05, 0) is 0 Å². The fourth-order valence-electron chi connectivity index (χ4n) is 1.08. The second kappa shape index (κ2) is 3.95. The molecule has 2 nitrogen and oxygen atoms in total. The van der Waals surface area contributed by atoms with Crippen molar-refractivity contribution in [2.45, 2.75) is 32.4 Å². The number of rotatable bonds is 3. The molecule has 1 atom stereocenters. The van der Waals surface area contributed by atoms with Gasteiger partial charge in [0.15, 0.2) is 0 Å². The molecule has 0 saturated carbocycles. The Hall–Kier alpha value is 0.749. The van der Waals surface area contributed by atoms with Crippen LogP contribution in [-0.4, -0.2) is 34.8 Å². The molecule has 0 heterocycles. The van der Waals surface area contributed by atoms with Crippen LogP contribution < -0.4 is 0 Å². The quantitative estimate of drug-likeness (QED) is 0.705. The van der Waals surface area contributed by atoms with E-state index in [1.54, 1.807) is 0 Å². The first-order valence-corrected chi connectivity index (χ1v) is 9.05. The summed E-state index contributed by atoms with van der Waals surface area (Å²) < 4.78 is 22.1. The summed E-state index contributed by atoms with van der Waals surface area (Å²) in [7, 11) is -2.68. The van der Waals surface area contributed by atoms with Crippen LogP contribution in [0.25, 0.3) is 0 Å². The van der Waals surface area contributed by atoms with E-state index in [4.69, 9.17) is 0 Å². The Balaban J connectivity index is 4.38. The van der Waals surface area contributed by atoms with Gasteiger partial charge in [0.1, 0.15) is 0 Å². The first-order valence-electron chi connectivity index (χ1n) is 3.41. The van der Waals surface area contributed by atoms with Gasteiger partial charge in [0, 0.05) is 0 Å². The Bertz CT molecular complexity index is 184. The van der Waals surface area contributed by atoms with Gasteiger partial charge in [-0.25, -0.2) is 0 Å². The standard InChI is InChI=1S/C6H13O2S.Sn.H/c1-4-6(5(2)3)9(7)8;;/h5-6H,4H2,1-3H3;;. The van der Waals surface area contributed by atoms with Gasteiger partial charge in [0.25, 0.3) is 0 Å². The zero-order chi connectivity index (χ0) is 8.36. The molecule has 2 radical (unpaired) electrons. The average Bonchev–Trinajstić information content (AvgIpc) is 1.60. The maximum atomic E-state index is 11.1. The average molecular weight is 269 g/mol. The summed E-state index contributed by atoms with van der Waals surface area (Å²) in [6.45, 7) is 5.85. The normalized spacial score (nSPS) is 15.7. The minimum atomic E-state index is -2.68. The molecule has 0 aromatic heterocycles. The first-order chi connectivity index (χ1) is 4.39. The molecule has 10 heavy (non-hydrogen) atoms. The van der Waals surface area contributed by atoms with Crippen LogP contribution in [0.2, 0.25) is 0 Å². The molecule has 0 bridgehead atoms. The van der Waals surface area contributed by atoms with Gasteiger partial charge in [-0.2, -0.15) is 0 Å². The predicted octanol–water partition coefficient (Wildman–Crippen LogP) is 0.652. The van der Waals surface area contributed by atoms with Gasteiger partial charge in [-0.1, -0.05) is 0 Å². The van der Waals surface area contributed by atoms with E-state index in [-0.39, 0.29) is 11.2 Å². The van der Waals surface area contributed by atoms with Crippen molar-refractivity contribution in [1.82, 2.24) is 0 Å². The van der Waals surface area contributed by atoms with Crippen molar-refractivity contribution < 1.29 is 8.42 Å². The van der Waals surface area contributed by atoms with Crippen LogP contribution in [0.3, 0.4) is 0 Å². The first kappa shape index (κ1) is 10.7. The van der Waals surface area contributed by atoms with Crippen LogP contribution in [0.4, 0.5) is 0 Å². The summed E-state index contributed by atoms with van der Waals surface area (Å²) in [5.41, 5.74) is 0. The predicted molar refractivity (Wildman–Crippen MR) is 45.0 cm³/mol. The Morgan fingerprint density at radius 1 is 1.40 bits per heavy atom. The van der Waals surface area contributed by atoms with Crippen LogP contribution in [0, 0.1) is 5.92 Å². The van der Waals surface area contributed by atoms with E-state index in [1.165, 1.54) is 0 Å². The van der Waals surface area contributed by atoms with Gasteiger partial charge >= 0.3 is 74.9 Å². The van der Waals surface area contributed by atoms with Gasteiger partial charge in [-0.15, -0.1) is 0 Å². The molecule has 0 saturated heterocycles. The molecule has 0 aromatic carbocycles. The monoisotopic (exact) mass is 270 g/mol. The van der Waals surface area contributed by atoms with Gasteiger partial charge in [0.2, 0.25) is 0 Å². The molecular weight excluding hydrogens is 255 g/mol. The minimum absolute atomic E-state index is 0.102. The van der Waals surface area contributed by atoms with Crippen LogP contribution in [-0.2, 0) is 7.02 Å². The molecule has 0 spiro atoms. The summed E-state index contributed by atoms with van der Waals surface area (Å²) in [6.07, 6.45) is 0.751. The van der Waals surface area contributed by atoms with E-state index < -0.39 is 7.02 Å². The number of hydrogen-bond donors (Lipinski definition) is 0. The molecule has 0 rings (SSSR count). The van der Waals surface area contributed by atoms with E-state index in [1.807, 2.05) is 20.8 Å². The van der Waals surface area contributed by atoms with E-state index in [0.717, 1.165) is 6.42 Å². The molecule has 0 amide bonds. The summed E-state index contributed by atoms with van der Waals surface area (Å²) >= 11 is 0.356. The third-order valence-corrected chi connectivity index (χ3v) is 6.28. The summed E-state index contributed by atoms with van der Waals surface area (Å²) in [4.78, 5) is 0. The topological polar surface area (TPSA) is 34.1 Å². The van der Waals surface area contributed by atoms with E-state index in [0.29, 0.717) is 21.1 Å². The van der Waals surface area contributed by atoms with E-state index in [9.17, 15) is 8.42 Å². The van der Waals surface area contributed by atoms with Gasteiger partial charge in [-0.3, -0.25) is 0 Å². The van der Waals surface area contributed by atoms with Crippen molar-refractivity contribution in [1.29, 1.82) is 0 Å². The SMILES string of the molecule is CCC(C(C)C)[S](=O)(=O)[SnH]. The molecule has 1 unspecified atom stereocenters. The fourth-order valence-corrected chi connectivity index (χ4v) is 6.65. The second-order valence-corrected chi connectivity index (χ2v) is 10.2. The van der Waals surface area contributed by atoms with Crippen molar-refractivity contribution >= 4 is 28.2 Å². The summed E-state index contributed by atoms with van der Waals surface area (Å²) in [5.74, 6) is 0.269. The molecule has 0 aromatic rings. The van der Waals surface area contributed by atoms with Crippen LogP contribution >= 0.6 is 0 Å². The zero-order valence-electron chi connectivity index (χ0n) is 6.66. The van der Waals surface area contributed by atoms with Gasteiger partial charge < -0.3 is 0 Å². The maximum absolute atomic E-state index is 11.1. The van der Waals surface area contributed by atoms with Gasteiger partial charge in [0.05, 0.1) is 0 Å². The Morgan fingerprint density at radius 3 is 1.80 bits per heavy atom. The summed E-state index contributed by atoms with van der Waals surface area (Å²) in [6, 6.07) is 0. The van der Waals surface area contributed by atoms with Crippen LogP contribution in [0.15, 0.2) is 0 Å². The summed E-state index contributed by atoms with van der Waals surface area (Å²) in [5, 5.41) is -0.102. The molecule has 4 heteroatoms. The van der Waals surface area contributed by atoms with E-state index >= 15 is 0 Å². The molecule has 60 valence electrons. The van der Waals surface area contributed by atoms with Crippen LogP contribution in [0.5, 0.6) is 0 Å². The molecule has 0 N–H and O–H groups in total. The Labute approximate surface area is 74.9 Å². The molecule has 0 aliphatic heterocycles. The Morgan fingerprint density at radius 2 is 1.80 bits per heavy atom. The van der Waals surface area contributed by atoms with Crippen molar-refractivity contribution in [2.75, 3.05) is 0 Å². The number of hydrogen-bond acceptors (Lipinski definition) is 2. The molecule has 0 fully saturated rings. The van der Waals surface area contributed by atoms with Crippen molar-refractivity contribution in [3.63, 3.8) is 0 Å². The van der Waals surface area contributed by atoms with E-state index in [2.05, 4.69) is 0 Å².